The molecular formula is C13H15N3O2. The summed E-state index contributed by atoms with van der Waals surface area (Å²) in [5, 5.41) is 0. The molecule has 0 bridgehead atoms. The largest absolute Gasteiger partial charge is 0.334 e. The lowest BCUT2D eigenvalue weighted by Gasteiger charge is -2.16. The molecular weight excluding hydrogens is 230 g/mol. The van der Waals surface area contributed by atoms with Gasteiger partial charge in [-0.15, -0.1) is 0 Å². The van der Waals surface area contributed by atoms with Crippen molar-refractivity contribution in [1.29, 1.82) is 0 Å². The zero-order chi connectivity index (χ0) is 13.3. The molecule has 0 radical (unpaired) electrons. The molecule has 0 aliphatic carbocycles. The number of Topliss-reactive ketones (excluding diaryl/α,β-unsaturated/α-hetero) is 1. The molecule has 0 N–H and O–H groups in total. The number of hydrogen-bond acceptors (Lipinski definition) is 3. The van der Waals surface area contributed by atoms with Gasteiger partial charge in [-0.1, -0.05) is 0 Å². The van der Waals surface area contributed by atoms with E-state index in [0.29, 0.717) is 0 Å². The quantitative estimate of drug-likeness (QED) is 0.770. The molecule has 5 nitrogen and oxygen atoms in total. The van der Waals surface area contributed by atoms with Gasteiger partial charge in [-0.05, 0) is 25.1 Å². The lowest BCUT2D eigenvalue weighted by Crippen LogP contribution is -2.27. The van der Waals surface area contributed by atoms with Crippen LogP contribution in [0.2, 0.25) is 0 Å². The van der Waals surface area contributed by atoms with E-state index in [1.54, 1.807) is 13.4 Å². The van der Waals surface area contributed by atoms with Gasteiger partial charge >= 0.3 is 0 Å². The molecule has 0 aliphatic heterocycles. The van der Waals surface area contributed by atoms with Crippen molar-refractivity contribution in [3.05, 3.63) is 24.5 Å². The van der Waals surface area contributed by atoms with Crippen LogP contribution in [0, 0.1) is 0 Å². The van der Waals surface area contributed by atoms with E-state index in [2.05, 4.69) is 4.98 Å². The van der Waals surface area contributed by atoms with Crippen molar-refractivity contribution in [3.8, 4) is 0 Å². The number of imidazole rings is 1. The third-order valence-corrected chi connectivity index (χ3v) is 2.87. The summed E-state index contributed by atoms with van der Waals surface area (Å²) in [6, 6.07) is 5.60. The first-order valence-electron chi connectivity index (χ1n) is 5.66. The average molecular weight is 245 g/mol. The average Bonchev–Trinajstić information content (AvgIpc) is 2.69. The van der Waals surface area contributed by atoms with Gasteiger partial charge < -0.3 is 9.47 Å². The van der Waals surface area contributed by atoms with Crippen LogP contribution in [-0.2, 0) is 16.6 Å². The van der Waals surface area contributed by atoms with Crippen LogP contribution in [0.1, 0.15) is 13.3 Å². The van der Waals surface area contributed by atoms with Crippen molar-refractivity contribution in [3.63, 3.8) is 0 Å². The number of amides is 1. The monoisotopic (exact) mass is 245 g/mol. The maximum atomic E-state index is 11.8. The van der Waals surface area contributed by atoms with E-state index >= 15 is 0 Å². The summed E-state index contributed by atoms with van der Waals surface area (Å²) in [6.45, 7) is 1.41. The summed E-state index contributed by atoms with van der Waals surface area (Å²) in [5.41, 5.74) is 2.58. The van der Waals surface area contributed by atoms with Gasteiger partial charge in [-0.25, -0.2) is 4.98 Å². The highest BCUT2D eigenvalue weighted by atomic mass is 16.2. The van der Waals surface area contributed by atoms with Gasteiger partial charge in [0, 0.05) is 19.8 Å². The third kappa shape index (κ3) is 2.25. The molecule has 0 atom stereocenters. The van der Waals surface area contributed by atoms with Crippen molar-refractivity contribution in [2.45, 2.75) is 13.3 Å². The van der Waals surface area contributed by atoms with E-state index in [0.717, 1.165) is 16.7 Å². The molecule has 2 aromatic rings. The van der Waals surface area contributed by atoms with Crippen LogP contribution in [0.3, 0.4) is 0 Å². The highest BCUT2D eigenvalue weighted by molar-refractivity contribution is 6.05. The number of fused-ring (bicyclic) bond motifs is 1. The van der Waals surface area contributed by atoms with Crippen molar-refractivity contribution in [2.75, 3.05) is 11.9 Å². The Morgan fingerprint density at radius 2 is 2.11 bits per heavy atom. The second-order valence-electron chi connectivity index (χ2n) is 4.36. The minimum atomic E-state index is -0.210. The first-order chi connectivity index (χ1) is 8.49. The maximum Gasteiger partial charge on any atom is 0.234 e. The van der Waals surface area contributed by atoms with Gasteiger partial charge in [0.05, 0.1) is 23.8 Å². The van der Waals surface area contributed by atoms with E-state index in [9.17, 15) is 9.59 Å². The highest BCUT2D eigenvalue weighted by Crippen LogP contribution is 2.20. The molecule has 5 heteroatoms. The number of benzene rings is 1. The fourth-order valence-electron chi connectivity index (χ4n) is 1.81. The van der Waals surface area contributed by atoms with Crippen LogP contribution in [0.25, 0.3) is 11.0 Å². The van der Waals surface area contributed by atoms with Crippen LogP contribution >= 0.6 is 0 Å². The van der Waals surface area contributed by atoms with Gasteiger partial charge in [0.2, 0.25) is 5.91 Å². The number of ketones is 1. The smallest absolute Gasteiger partial charge is 0.234 e. The highest BCUT2D eigenvalue weighted by Gasteiger charge is 2.13. The standard InChI is InChI=1S/C13H15N3O2/c1-9(17)6-13(18)16(3)10-4-5-12-11(7-10)14-8-15(12)2/h4-5,7-8H,6H2,1-3H3. The zero-order valence-corrected chi connectivity index (χ0v) is 10.7. The summed E-state index contributed by atoms with van der Waals surface area (Å²) in [4.78, 5) is 28.4. The summed E-state index contributed by atoms with van der Waals surface area (Å²) < 4.78 is 1.91. The zero-order valence-electron chi connectivity index (χ0n) is 10.7. The fourth-order valence-corrected chi connectivity index (χ4v) is 1.81. The molecule has 1 aromatic heterocycles. The molecule has 94 valence electrons. The van der Waals surface area contributed by atoms with Gasteiger partial charge in [0.25, 0.3) is 0 Å². The predicted molar refractivity (Wildman–Crippen MR) is 69.4 cm³/mol. The molecule has 0 fully saturated rings. The van der Waals surface area contributed by atoms with E-state index in [4.69, 9.17) is 0 Å². The Kier molecular flexibility index (Phi) is 3.14. The summed E-state index contributed by atoms with van der Waals surface area (Å²) in [6.07, 6.45) is 1.66. The lowest BCUT2D eigenvalue weighted by atomic mass is 10.2. The van der Waals surface area contributed by atoms with E-state index in [1.165, 1.54) is 11.8 Å². The molecule has 2 rings (SSSR count). The molecule has 0 saturated carbocycles. The lowest BCUT2D eigenvalue weighted by molar-refractivity contribution is -0.125. The number of hydrogen-bond donors (Lipinski definition) is 0. The number of aryl methyl sites for hydroxylation is 1. The molecule has 1 aromatic carbocycles. The third-order valence-electron chi connectivity index (χ3n) is 2.87. The first-order valence-corrected chi connectivity index (χ1v) is 5.66. The van der Waals surface area contributed by atoms with Gasteiger partial charge in [-0.3, -0.25) is 9.59 Å². The fraction of sp³-hybridized carbons (Fsp3) is 0.308. The summed E-state index contributed by atoms with van der Waals surface area (Å²) >= 11 is 0. The molecule has 0 spiro atoms. The van der Waals surface area contributed by atoms with Crippen molar-refractivity contribution in [1.82, 2.24) is 9.55 Å². The van der Waals surface area contributed by atoms with E-state index in [1.807, 2.05) is 29.8 Å². The molecule has 0 saturated heterocycles. The number of rotatable bonds is 3. The van der Waals surface area contributed by atoms with Crippen LogP contribution in [0.4, 0.5) is 5.69 Å². The number of aromatic nitrogens is 2. The molecule has 1 heterocycles. The molecule has 0 aliphatic rings. The summed E-state index contributed by atoms with van der Waals surface area (Å²) in [7, 11) is 3.58. The summed E-state index contributed by atoms with van der Waals surface area (Å²) in [5.74, 6) is -0.344. The first kappa shape index (κ1) is 12.3. The minimum Gasteiger partial charge on any atom is -0.334 e. The Morgan fingerprint density at radius 1 is 1.39 bits per heavy atom. The van der Waals surface area contributed by atoms with Crippen molar-refractivity contribution >= 4 is 28.4 Å². The Morgan fingerprint density at radius 3 is 2.78 bits per heavy atom. The van der Waals surface area contributed by atoms with Crippen molar-refractivity contribution in [2.24, 2.45) is 7.05 Å². The Labute approximate surface area is 105 Å². The normalized spacial score (nSPS) is 10.6. The van der Waals surface area contributed by atoms with Crippen molar-refractivity contribution < 1.29 is 9.59 Å². The second-order valence-corrected chi connectivity index (χ2v) is 4.36. The SMILES string of the molecule is CC(=O)CC(=O)N(C)c1ccc2c(c1)ncn2C. The van der Waals surface area contributed by atoms with E-state index < -0.39 is 0 Å². The van der Waals surface area contributed by atoms with Crippen LogP contribution in [0.15, 0.2) is 24.5 Å². The Balaban J connectivity index is 2.30. The van der Waals surface area contributed by atoms with Gasteiger partial charge in [-0.2, -0.15) is 0 Å². The Bertz CT molecular complexity index is 616. The predicted octanol–water partition coefficient (Wildman–Crippen LogP) is 1.52. The van der Waals surface area contributed by atoms with Gasteiger partial charge in [0.15, 0.2) is 0 Å². The topological polar surface area (TPSA) is 55.2 Å². The second kappa shape index (κ2) is 4.60. The minimum absolute atomic E-state index is 0.0727. The molecule has 18 heavy (non-hydrogen) atoms. The number of anilines is 1. The number of nitrogens with zero attached hydrogens (tertiary/aromatic N) is 3. The number of carbonyl (C=O) groups is 2. The van der Waals surface area contributed by atoms with E-state index in [-0.39, 0.29) is 18.1 Å². The molecule has 1 amide bonds. The van der Waals surface area contributed by atoms with Crippen LogP contribution in [0.5, 0.6) is 0 Å². The Hall–Kier alpha value is -2.17. The van der Waals surface area contributed by atoms with Crippen LogP contribution in [-0.4, -0.2) is 28.3 Å². The molecule has 0 unspecified atom stereocenters. The number of carbonyl (C=O) groups excluding carboxylic acids is 2. The van der Waals surface area contributed by atoms with Gasteiger partial charge in [0.1, 0.15) is 5.78 Å². The van der Waals surface area contributed by atoms with Crippen LogP contribution < -0.4 is 4.90 Å². The maximum absolute atomic E-state index is 11.8.